The van der Waals surface area contributed by atoms with Crippen LogP contribution in [-0.4, -0.2) is 23.7 Å². The second kappa shape index (κ2) is 15.6. The maximum Gasteiger partial charge on any atom is 0.330 e. The molecule has 0 amide bonds. The highest BCUT2D eigenvalue weighted by molar-refractivity contribution is 5.81. The number of rotatable bonds is 4. The van der Waals surface area contributed by atoms with Gasteiger partial charge < -0.3 is 9.84 Å². The van der Waals surface area contributed by atoms with Crippen LogP contribution in [-0.2, 0) is 14.3 Å². The Balaban J connectivity index is -0.000000205. The van der Waals surface area contributed by atoms with Gasteiger partial charge in [0.15, 0.2) is 0 Å². The first-order chi connectivity index (χ1) is 7.43. The maximum absolute atomic E-state index is 10.4. The molecule has 0 saturated heterocycles. The summed E-state index contributed by atoms with van der Waals surface area (Å²) in [7, 11) is 0. The van der Waals surface area contributed by atoms with Gasteiger partial charge in [-0.1, -0.05) is 27.0 Å². The zero-order valence-electron chi connectivity index (χ0n) is 9.94. The van der Waals surface area contributed by atoms with E-state index in [1.165, 1.54) is 6.08 Å². The fourth-order valence-corrected chi connectivity index (χ4v) is 0.308. The minimum Gasteiger partial charge on any atom is -0.478 e. The molecule has 92 valence electrons. The van der Waals surface area contributed by atoms with Crippen LogP contribution < -0.4 is 0 Å². The molecular weight excluding hydrogens is 208 g/mol. The van der Waals surface area contributed by atoms with E-state index in [1.807, 2.05) is 13.8 Å². The summed E-state index contributed by atoms with van der Waals surface area (Å²) in [6, 6.07) is 0. The molecule has 0 fully saturated rings. The highest BCUT2D eigenvalue weighted by Gasteiger charge is 1.96. The SMILES string of the molecule is C=C.C=CC(=O)O.C=CC(=O)OCC(C)C. The maximum atomic E-state index is 10.4. The average molecular weight is 228 g/mol. The van der Waals surface area contributed by atoms with Crippen LogP contribution in [0.4, 0.5) is 0 Å². The van der Waals surface area contributed by atoms with Crippen molar-refractivity contribution in [1.29, 1.82) is 0 Å². The summed E-state index contributed by atoms with van der Waals surface area (Å²) in [5.41, 5.74) is 0. The Hall–Kier alpha value is -1.84. The van der Waals surface area contributed by atoms with E-state index in [0.29, 0.717) is 12.5 Å². The molecular formula is C12H20O4. The van der Waals surface area contributed by atoms with Crippen molar-refractivity contribution in [3.63, 3.8) is 0 Å². The first-order valence-corrected chi connectivity index (χ1v) is 4.58. The molecule has 0 aliphatic carbocycles. The van der Waals surface area contributed by atoms with Crippen molar-refractivity contribution in [2.45, 2.75) is 13.8 Å². The number of carbonyl (C=O) groups excluding carboxylic acids is 1. The lowest BCUT2D eigenvalue weighted by atomic mass is 10.2. The van der Waals surface area contributed by atoms with Gasteiger partial charge in [-0.05, 0) is 5.92 Å². The van der Waals surface area contributed by atoms with Crippen LogP contribution in [0.3, 0.4) is 0 Å². The van der Waals surface area contributed by atoms with Gasteiger partial charge >= 0.3 is 11.9 Å². The Morgan fingerprint density at radius 3 is 1.81 bits per heavy atom. The molecule has 0 aromatic heterocycles. The van der Waals surface area contributed by atoms with Gasteiger partial charge in [0.1, 0.15) is 0 Å². The number of carbonyl (C=O) groups is 2. The molecule has 0 bridgehead atoms. The van der Waals surface area contributed by atoms with Crippen LogP contribution in [0, 0.1) is 5.92 Å². The Morgan fingerprint density at radius 1 is 1.25 bits per heavy atom. The van der Waals surface area contributed by atoms with Gasteiger partial charge in [0.2, 0.25) is 0 Å². The Bertz CT molecular complexity index is 219. The zero-order valence-corrected chi connectivity index (χ0v) is 9.94. The minimum atomic E-state index is -0.981. The van der Waals surface area contributed by atoms with Crippen LogP contribution in [0.1, 0.15) is 13.8 Å². The van der Waals surface area contributed by atoms with E-state index in [2.05, 4.69) is 26.3 Å². The van der Waals surface area contributed by atoms with Crippen LogP contribution >= 0.6 is 0 Å². The van der Waals surface area contributed by atoms with Crippen molar-refractivity contribution < 1.29 is 19.4 Å². The average Bonchev–Trinajstić information content (AvgIpc) is 2.29. The molecule has 0 unspecified atom stereocenters. The van der Waals surface area contributed by atoms with E-state index in [0.717, 1.165) is 6.08 Å². The Kier molecular flexibility index (Phi) is 19.2. The summed E-state index contributed by atoms with van der Waals surface area (Å²) in [5.74, 6) is -0.928. The number of aliphatic carboxylic acids is 1. The molecule has 4 nitrogen and oxygen atoms in total. The van der Waals surface area contributed by atoms with Crippen molar-refractivity contribution >= 4 is 11.9 Å². The van der Waals surface area contributed by atoms with E-state index >= 15 is 0 Å². The first kappa shape index (κ1) is 19.7. The van der Waals surface area contributed by atoms with Crippen molar-refractivity contribution in [2.75, 3.05) is 6.61 Å². The van der Waals surface area contributed by atoms with Gasteiger partial charge in [-0.15, -0.1) is 13.2 Å². The summed E-state index contributed by atoms with van der Waals surface area (Å²) in [5, 5.41) is 7.60. The Labute approximate surface area is 96.9 Å². The van der Waals surface area contributed by atoms with Crippen molar-refractivity contribution in [3.8, 4) is 0 Å². The summed E-state index contributed by atoms with van der Waals surface area (Å²) in [6.07, 6.45) is 2.00. The van der Waals surface area contributed by atoms with Crippen LogP contribution in [0.2, 0.25) is 0 Å². The normalized spacial score (nSPS) is 7.44. The summed E-state index contributed by atoms with van der Waals surface area (Å²) in [6.45, 7) is 16.7. The second-order valence-electron chi connectivity index (χ2n) is 2.77. The second-order valence-corrected chi connectivity index (χ2v) is 2.77. The number of ether oxygens (including phenoxy) is 1. The van der Waals surface area contributed by atoms with Gasteiger partial charge in [0.05, 0.1) is 6.61 Å². The number of carboxylic acids is 1. The third-order valence-corrected chi connectivity index (χ3v) is 0.900. The van der Waals surface area contributed by atoms with Gasteiger partial charge in [-0.3, -0.25) is 0 Å². The number of esters is 1. The van der Waals surface area contributed by atoms with Crippen LogP contribution in [0.15, 0.2) is 38.5 Å². The topological polar surface area (TPSA) is 63.6 Å². The number of carboxylic acid groups (broad SMARTS) is 1. The lowest BCUT2D eigenvalue weighted by Crippen LogP contribution is -2.06. The number of hydrogen-bond donors (Lipinski definition) is 1. The monoisotopic (exact) mass is 228 g/mol. The fraction of sp³-hybridized carbons (Fsp3) is 0.333. The van der Waals surface area contributed by atoms with Gasteiger partial charge in [-0.2, -0.15) is 0 Å². The van der Waals surface area contributed by atoms with Crippen molar-refractivity contribution in [2.24, 2.45) is 5.92 Å². The predicted molar refractivity (Wildman–Crippen MR) is 65.1 cm³/mol. The highest BCUT2D eigenvalue weighted by atomic mass is 16.5. The predicted octanol–water partition coefficient (Wildman–Crippen LogP) is 2.43. The molecule has 0 radical (unpaired) electrons. The van der Waals surface area contributed by atoms with E-state index in [1.54, 1.807) is 0 Å². The molecule has 4 heteroatoms. The standard InChI is InChI=1S/C7H12O2.C3H4O2.C2H4/c1-4-7(8)9-5-6(2)3;1-2-3(4)5;1-2/h4,6H,1,5H2,2-3H3;2H,1H2,(H,4,5);1-2H2. The quantitative estimate of drug-likeness (QED) is 0.456. The van der Waals surface area contributed by atoms with Gasteiger partial charge in [0, 0.05) is 12.2 Å². The smallest absolute Gasteiger partial charge is 0.330 e. The van der Waals surface area contributed by atoms with Crippen molar-refractivity contribution in [3.05, 3.63) is 38.5 Å². The molecule has 0 heterocycles. The Morgan fingerprint density at radius 2 is 1.62 bits per heavy atom. The highest BCUT2D eigenvalue weighted by Crippen LogP contribution is 1.92. The third-order valence-electron chi connectivity index (χ3n) is 0.900. The summed E-state index contributed by atoms with van der Waals surface area (Å²) < 4.78 is 4.70. The van der Waals surface area contributed by atoms with E-state index in [4.69, 9.17) is 9.84 Å². The van der Waals surface area contributed by atoms with Crippen LogP contribution in [0.5, 0.6) is 0 Å². The van der Waals surface area contributed by atoms with Gasteiger partial charge in [0.25, 0.3) is 0 Å². The van der Waals surface area contributed by atoms with Crippen LogP contribution in [0.25, 0.3) is 0 Å². The largest absolute Gasteiger partial charge is 0.478 e. The molecule has 0 spiro atoms. The van der Waals surface area contributed by atoms with E-state index in [-0.39, 0.29) is 5.97 Å². The minimum absolute atomic E-state index is 0.344. The lowest BCUT2D eigenvalue weighted by Gasteiger charge is -2.02. The molecule has 0 aromatic rings. The molecule has 0 saturated carbocycles. The summed E-state index contributed by atoms with van der Waals surface area (Å²) >= 11 is 0. The molecule has 0 atom stereocenters. The molecule has 0 aliphatic rings. The zero-order chi connectivity index (χ0) is 13.6. The molecule has 0 aliphatic heterocycles. The van der Waals surface area contributed by atoms with E-state index < -0.39 is 5.97 Å². The van der Waals surface area contributed by atoms with Gasteiger partial charge in [-0.25, -0.2) is 9.59 Å². The lowest BCUT2D eigenvalue weighted by molar-refractivity contribution is -0.138. The van der Waals surface area contributed by atoms with E-state index in [9.17, 15) is 9.59 Å². The summed E-state index contributed by atoms with van der Waals surface area (Å²) in [4.78, 5) is 19.6. The fourth-order valence-electron chi connectivity index (χ4n) is 0.308. The first-order valence-electron chi connectivity index (χ1n) is 4.58. The molecule has 16 heavy (non-hydrogen) atoms. The molecule has 0 aromatic carbocycles. The molecule has 0 rings (SSSR count). The van der Waals surface area contributed by atoms with Crippen molar-refractivity contribution in [1.82, 2.24) is 0 Å². The molecule has 1 N–H and O–H groups in total. The number of hydrogen-bond acceptors (Lipinski definition) is 3. The third kappa shape index (κ3) is 29.5.